The molecule has 0 amide bonds. The molecule has 0 spiro atoms. The normalized spacial score (nSPS) is 12.3. The number of ether oxygens (including phenoxy) is 2. The van der Waals surface area contributed by atoms with Crippen LogP contribution in [0.4, 0.5) is 0 Å². The molecule has 0 saturated carbocycles. The molecule has 0 aliphatic carbocycles. The summed E-state index contributed by atoms with van der Waals surface area (Å²) < 4.78 is 13.6. The first-order valence-electron chi connectivity index (χ1n) is 15.2. The van der Waals surface area contributed by atoms with E-state index in [0.717, 1.165) is 78.5 Å². The molecule has 0 N–H and O–H groups in total. The Balaban J connectivity index is 1.24. The molecule has 7 aromatic rings. The number of nitrogens with zero attached hydrogens (tertiary/aromatic N) is 1. The monoisotopic (exact) mass is 575 g/mol. The Morgan fingerprint density at radius 2 is 1.04 bits per heavy atom. The van der Waals surface area contributed by atoms with Crippen LogP contribution in [0.5, 0.6) is 23.0 Å². The van der Waals surface area contributed by atoms with Crippen LogP contribution in [0.25, 0.3) is 44.6 Å². The van der Waals surface area contributed by atoms with Crippen LogP contribution >= 0.6 is 0 Å². The molecule has 6 aromatic carbocycles. The van der Waals surface area contributed by atoms with Gasteiger partial charge in [0, 0.05) is 22.8 Å². The highest BCUT2D eigenvalue weighted by Gasteiger charge is 2.41. The average Bonchev–Trinajstić information content (AvgIpc) is 3.12. The zero-order valence-corrected chi connectivity index (χ0v) is 24.4. The minimum atomic E-state index is -0.0314. The fourth-order valence-corrected chi connectivity index (χ4v) is 6.71. The van der Waals surface area contributed by atoms with Gasteiger partial charge in [-0.1, -0.05) is 109 Å². The number of fused-ring (bicyclic) bond motifs is 4. The molecule has 0 fully saturated rings. The first-order valence-corrected chi connectivity index (χ1v) is 15.2. The number of hydrogen-bond acceptors (Lipinski definition) is 3. The molecule has 1 aromatic heterocycles. The SMILES string of the molecule is c1ccc(-c2ccc3c(c2)Oc2ccc(-c4cccc(-c5ccccn5)c4)c4c2B3c2ccc(-c3ccccc3)cc2O4)cc1. The quantitative estimate of drug-likeness (QED) is 0.197. The lowest BCUT2D eigenvalue weighted by Crippen LogP contribution is -2.57. The van der Waals surface area contributed by atoms with Crippen LogP contribution in [0, 0.1) is 0 Å². The molecule has 0 radical (unpaired) electrons. The van der Waals surface area contributed by atoms with E-state index in [0.29, 0.717) is 0 Å². The maximum atomic E-state index is 6.93. The predicted molar refractivity (Wildman–Crippen MR) is 184 cm³/mol. The number of aromatic nitrogens is 1. The first kappa shape index (κ1) is 25.6. The molecule has 0 unspecified atom stereocenters. The highest BCUT2D eigenvalue weighted by Crippen LogP contribution is 2.42. The van der Waals surface area contributed by atoms with E-state index in [2.05, 4.69) is 126 Å². The molecule has 210 valence electrons. The predicted octanol–water partition coefficient (Wildman–Crippen LogP) is 8.48. The van der Waals surface area contributed by atoms with E-state index < -0.39 is 0 Å². The van der Waals surface area contributed by atoms with Gasteiger partial charge in [0.25, 0.3) is 6.71 Å². The van der Waals surface area contributed by atoms with Crippen molar-refractivity contribution in [2.24, 2.45) is 0 Å². The summed E-state index contributed by atoms with van der Waals surface area (Å²) in [4.78, 5) is 4.59. The van der Waals surface area contributed by atoms with E-state index in [4.69, 9.17) is 9.47 Å². The van der Waals surface area contributed by atoms with E-state index in [-0.39, 0.29) is 6.71 Å². The van der Waals surface area contributed by atoms with Gasteiger partial charge >= 0.3 is 0 Å². The lowest BCUT2D eigenvalue weighted by atomic mass is 9.34. The Morgan fingerprint density at radius 3 is 1.71 bits per heavy atom. The molecular formula is C41H26BNO2. The van der Waals surface area contributed by atoms with Crippen molar-refractivity contribution < 1.29 is 9.47 Å². The van der Waals surface area contributed by atoms with E-state index in [1.807, 2.05) is 36.5 Å². The van der Waals surface area contributed by atoms with Crippen molar-refractivity contribution in [1.82, 2.24) is 4.98 Å². The van der Waals surface area contributed by atoms with Crippen molar-refractivity contribution in [2.45, 2.75) is 0 Å². The van der Waals surface area contributed by atoms with Gasteiger partial charge in [-0.15, -0.1) is 0 Å². The molecule has 45 heavy (non-hydrogen) atoms. The Morgan fingerprint density at radius 1 is 0.422 bits per heavy atom. The maximum absolute atomic E-state index is 6.93. The van der Waals surface area contributed by atoms with Gasteiger partial charge in [-0.3, -0.25) is 4.98 Å². The number of benzene rings is 6. The molecular weight excluding hydrogens is 549 g/mol. The maximum Gasteiger partial charge on any atom is 0.260 e. The van der Waals surface area contributed by atoms with E-state index in [1.54, 1.807) is 0 Å². The van der Waals surface area contributed by atoms with Crippen molar-refractivity contribution >= 4 is 23.1 Å². The third-order valence-corrected chi connectivity index (χ3v) is 8.87. The van der Waals surface area contributed by atoms with E-state index in [1.165, 1.54) is 5.56 Å². The third kappa shape index (κ3) is 4.34. The molecule has 2 aliphatic heterocycles. The summed E-state index contributed by atoms with van der Waals surface area (Å²) >= 11 is 0. The minimum Gasteiger partial charge on any atom is -0.458 e. The van der Waals surface area contributed by atoms with E-state index in [9.17, 15) is 0 Å². The topological polar surface area (TPSA) is 31.4 Å². The molecule has 3 nitrogen and oxygen atoms in total. The van der Waals surface area contributed by atoms with Crippen LogP contribution in [-0.2, 0) is 0 Å². The summed E-state index contributed by atoms with van der Waals surface area (Å²) in [6.07, 6.45) is 1.83. The van der Waals surface area contributed by atoms with Crippen LogP contribution in [-0.4, -0.2) is 11.7 Å². The van der Waals surface area contributed by atoms with Crippen LogP contribution in [0.3, 0.4) is 0 Å². The van der Waals surface area contributed by atoms with Gasteiger partial charge in [0.05, 0.1) is 5.69 Å². The summed E-state index contributed by atoms with van der Waals surface area (Å²) in [5, 5.41) is 0. The fraction of sp³-hybridized carbons (Fsp3) is 0. The third-order valence-electron chi connectivity index (χ3n) is 8.87. The Hall–Kier alpha value is -5.87. The van der Waals surface area contributed by atoms with Crippen LogP contribution in [0.2, 0.25) is 0 Å². The van der Waals surface area contributed by atoms with Crippen molar-refractivity contribution in [2.75, 3.05) is 0 Å². The van der Waals surface area contributed by atoms with Gasteiger partial charge in [0.1, 0.15) is 23.0 Å². The number of hydrogen-bond donors (Lipinski definition) is 0. The summed E-state index contributed by atoms with van der Waals surface area (Å²) in [5.74, 6) is 3.42. The van der Waals surface area contributed by atoms with Crippen LogP contribution < -0.4 is 25.9 Å². The zero-order chi connectivity index (χ0) is 29.7. The number of pyridine rings is 1. The van der Waals surface area contributed by atoms with Gasteiger partial charge in [-0.25, -0.2) is 0 Å². The second kappa shape index (κ2) is 10.4. The summed E-state index contributed by atoms with van der Waals surface area (Å²) in [6.45, 7) is -0.0314. The second-order valence-corrected chi connectivity index (χ2v) is 11.5. The van der Waals surface area contributed by atoms with Crippen molar-refractivity contribution in [3.8, 4) is 67.6 Å². The zero-order valence-electron chi connectivity index (χ0n) is 24.4. The van der Waals surface area contributed by atoms with Crippen molar-refractivity contribution in [3.63, 3.8) is 0 Å². The largest absolute Gasteiger partial charge is 0.458 e. The van der Waals surface area contributed by atoms with Gasteiger partial charge < -0.3 is 9.47 Å². The molecule has 9 rings (SSSR count). The minimum absolute atomic E-state index is 0.0314. The smallest absolute Gasteiger partial charge is 0.260 e. The highest BCUT2D eigenvalue weighted by atomic mass is 16.5. The Kier molecular flexibility index (Phi) is 5.92. The van der Waals surface area contributed by atoms with Gasteiger partial charge in [0.15, 0.2) is 0 Å². The summed E-state index contributed by atoms with van der Waals surface area (Å²) in [5.41, 5.74) is 12.0. The summed E-state index contributed by atoms with van der Waals surface area (Å²) in [6, 6.07) is 52.9. The second-order valence-electron chi connectivity index (χ2n) is 11.5. The molecule has 3 heterocycles. The molecule has 2 aliphatic rings. The van der Waals surface area contributed by atoms with E-state index >= 15 is 0 Å². The molecule has 4 heteroatoms. The molecule has 0 atom stereocenters. The Bertz CT molecular complexity index is 2200. The Labute approximate surface area is 262 Å². The molecule has 0 saturated heterocycles. The van der Waals surface area contributed by atoms with Gasteiger partial charge in [0.2, 0.25) is 0 Å². The molecule has 0 bridgehead atoms. The standard InChI is InChI=1S/C41H26BNO2/c1-3-10-27(11-4-1)29-17-20-34-38(25-29)44-37-22-19-33(31-14-9-15-32(24-31)36-16-7-8-23-43-36)41-40(37)42(34)35-21-18-30(26-39(35)45-41)28-12-5-2-6-13-28/h1-26H. The van der Waals surface area contributed by atoms with Crippen molar-refractivity contribution in [3.05, 3.63) is 158 Å². The van der Waals surface area contributed by atoms with Gasteiger partial charge in [-0.05, 0) is 81.2 Å². The van der Waals surface area contributed by atoms with Crippen molar-refractivity contribution in [1.29, 1.82) is 0 Å². The number of rotatable bonds is 4. The first-order chi connectivity index (χ1) is 22.3. The lowest BCUT2D eigenvalue weighted by molar-refractivity contribution is 0.466. The summed E-state index contributed by atoms with van der Waals surface area (Å²) in [7, 11) is 0. The lowest BCUT2D eigenvalue weighted by Gasteiger charge is -2.34. The van der Waals surface area contributed by atoms with Crippen LogP contribution in [0.1, 0.15) is 0 Å². The average molecular weight is 575 g/mol. The fourth-order valence-electron chi connectivity index (χ4n) is 6.71. The van der Waals surface area contributed by atoms with Gasteiger partial charge in [-0.2, -0.15) is 0 Å². The highest BCUT2D eigenvalue weighted by molar-refractivity contribution is 6.98. The van der Waals surface area contributed by atoms with Crippen LogP contribution in [0.15, 0.2) is 158 Å².